The Balaban J connectivity index is 3.14. The van der Waals surface area contributed by atoms with Crippen LogP contribution in [0.25, 0.3) is 0 Å². The van der Waals surface area contributed by atoms with Gasteiger partial charge in [-0.05, 0) is 25.8 Å². The van der Waals surface area contributed by atoms with Crippen molar-refractivity contribution in [1.82, 2.24) is 5.32 Å². The molecular weight excluding hydrogens is 310 g/mol. The second-order valence-electron chi connectivity index (χ2n) is 5.81. The third kappa shape index (κ3) is 6.02. The molecule has 0 radical (unpaired) electrons. The minimum atomic E-state index is -1.21. The van der Waals surface area contributed by atoms with Gasteiger partial charge in [-0.3, -0.25) is 14.4 Å². The monoisotopic (exact) mass is 335 g/mol. The van der Waals surface area contributed by atoms with Crippen molar-refractivity contribution in [2.24, 2.45) is 5.92 Å². The first-order valence-corrected chi connectivity index (χ1v) is 7.93. The van der Waals surface area contributed by atoms with E-state index in [0.29, 0.717) is 6.42 Å². The van der Waals surface area contributed by atoms with E-state index in [1.165, 1.54) is 13.8 Å². The van der Waals surface area contributed by atoms with Crippen LogP contribution in [0.5, 0.6) is 0 Å². The molecule has 0 saturated heterocycles. The Morgan fingerprint density at radius 1 is 1.17 bits per heavy atom. The van der Waals surface area contributed by atoms with Gasteiger partial charge < -0.3 is 14.8 Å². The molecule has 0 aliphatic carbocycles. The molecule has 2 atom stereocenters. The fourth-order valence-electron chi connectivity index (χ4n) is 2.50. The van der Waals surface area contributed by atoms with Crippen molar-refractivity contribution in [1.29, 1.82) is 0 Å². The summed E-state index contributed by atoms with van der Waals surface area (Å²) in [4.78, 5) is 35.3. The highest BCUT2D eigenvalue weighted by Gasteiger charge is 2.43. The Morgan fingerprint density at radius 3 is 2.29 bits per heavy atom. The fourth-order valence-corrected chi connectivity index (χ4v) is 2.50. The highest BCUT2D eigenvalue weighted by molar-refractivity contribution is 5.77. The second-order valence-corrected chi connectivity index (χ2v) is 5.81. The Kier molecular flexibility index (Phi) is 7.42. The largest absolute Gasteiger partial charge is 0.466 e. The second kappa shape index (κ2) is 9.05. The molecule has 24 heavy (non-hydrogen) atoms. The maximum absolute atomic E-state index is 12.5. The lowest BCUT2D eigenvalue weighted by Crippen LogP contribution is -2.52. The van der Waals surface area contributed by atoms with Crippen LogP contribution in [-0.2, 0) is 30.3 Å². The average Bonchev–Trinajstić information content (AvgIpc) is 2.51. The van der Waals surface area contributed by atoms with Crippen LogP contribution in [0.2, 0.25) is 0 Å². The van der Waals surface area contributed by atoms with Gasteiger partial charge in [0.2, 0.25) is 5.91 Å². The molecule has 1 N–H and O–H groups in total. The van der Waals surface area contributed by atoms with Crippen molar-refractivity contribution in [3.63, 3.8) is 0 Å². The molecule has 6 heteroatoms. The van der Waals surface area contributed by atoms with E-state index in [-0.39, 0.29) is 19.1 Å². The third-order valence-electron chi connectivity index (χ3n) is 3.66. The number of hydrogen-bond acceptors (Lipinski definition) is 5. The van der Waals surface area contributed by atoms with Gasteiger partial charge in [0.15, 0.2) is 0 Å². The Bertz CT molecular complexity index is 572. The van der Waals surface area contributed by atoms with Crippen molar-refractivity contribution in [3.05, 3.63) is 35.9 Å². The van der Waals surface area contributed by atoms with Crippen molar-refractivity contribution in [2.75, 3.05) is 13.2 Å². The predicted octanol–water partition coefficient (Wildman–Crippen LogP) is 1.87. The van der Waals surface area contributed by atoms with Crippen LogP contribution >= 0.6 is 0 Å². The van der Waals surface area contributed by atoms with Gasteiger partial charge in [-0.15, -0.1) is 0 Å². The zero-order valence-electron chi connectivity index (χ0n) is 14.6. The Labute approximate surface area is 142 Å². The first-order chi connectivity index (χ1) is 11.3. The lowest BCUT2D eigenvalue weighted by Gasteiger charge is -2.35. The molecule has 0 fully saturated rings. The van der Waals surface area contributed by atoms with Crippen LogP contribution in [0.4, 0.5) is 0 Å². The molecule has 2 unspecified atom stereocenters. The number of rotatable bonds is 8. The summed E-state index contributed by atoms with van der Waals surface area (Å²) in [5.74, 6) is -1.99. The van der Waals surface area contributed by atoms with Gasteiger partial charge in [-0.2, -0.15) is 0 Å². The van der Waals surface area contributed by atoms with E-state index in [1.807, 2.05) is 30.3 Å². The van der Waals surface area contributed by atoms with Gasteiger partial charge in [0.25, 0.3) is 0 Å². The first-order valence-electron chi connectivity index (χ1n) is 7.93. The van der Waals surface area contributed by atoms with Crippen LogP contribution in [0.15, 0.2) is 30.3 Å². The molecule has 0 aliphatic rings. The van der Waals surface area contributed by atoms with E-state index in [1.54, 1.807) is 13.8 Å². The molecule has 1 aromatic rings. The number of ether oxygens (including phenoxy) is 2. The van der Waals surface area contributed by atoms with E-state index in [2.05, 4.69) is 5.32 Å². The summed E-state index contributed by atoms with van der Waals surface area (Å²) < 4.78 is 10.6. The summed E-state index contributed by atoms with van der Waals surface area (Å²) in [6, 6.07) is 9.39. The Hall–Kier alpha value is -2.37. The number of carbonyl (C=O) groups excluding carboxylic acids is 3. The minimum Gasteiger partial charge on any atom is -0.466 e. The van der Waals surface area contributed by atoms with Crippen molar-refractivity contribution < 1.29 is 23.9 Å². The zero-order chi connectivity index (χ0) is 18.2. The van der Waals surface area contributed by atoms with Gasteiger partial charge in [0, 0.05) is 13.8 Å². The smallest absolute Gasteiger partial charge is 0.313 e. The lowest BCUT2D eigenvalue weighted by atomic mass is 9.83. The molecule has 0 aliphatic heterocycles. The Morgan fingerprint density at radius 2 is 1.79 bits per heavy atom. The van der Waals surface area contributed by atoms with Gasteiger partial charge in [-0.25, -0.2) is 0 Å². The molecule has 6 nitrogen and oxygen atoms in total. The quantitative estimate of drug-likeness (QED) is 0.734. The predicted molar refractivity (Wildman–Crippen MR) is 89.1 cm³/mol. The molecular formula is C18H25NO5. The van der Waals surface area contributed by atoms with Crippen molar-refractivity contribution in [2.45, 2.75) is 39.7 Å². The molecule has 1 rings (SSSR count). The number of amides is 1. The maximum Gasteiger partial charge on any atom is 0.313 e. The highest BCUT2D eigenvalue weighted by atomic mass is 16.6. The summed E-state index contributed by atoms with van der Waals surface area (Å²) in [6.07, 6.45) is 0.336. The minimum absolute atomic E-state index is 0.0260. The van der Waals surface area contributed by atoms with Crippen molar-refractivity contribution in [3.8, 4) is 0 Å². The topological polar surface area (TPSA) is 81.7 Å². The summed E-state index contributed by atoms with van der Waals surface area (Å²) in [5.41, 5.74) is -0.295. The summed E-state index contributed by atoms with van der Waals surface area (Å²) in [7, 11) is 0. The third-order valence-corrected chi connectivity index (χ3v) is 3.66. The number of hydrogen-bond donors (Lipinski definition) is 1. The van der Waals surface area contributed by atoms with Crippen LogP contribution < -0.4 is 5.32 Å². The highest BCUT2D eigenvalue weighted by Crippen LogP contribution is 2.27. The standard InChI is InChI=1S/C18H25NO5/c1-5-23-17(22)16(11-15-9-7-6-8-10-15)18(4,24-14(3)21)12-19-13(2)20/h6-10,16H,5,11-12H2,1-4H3,(H,19,20). The van der Waals surface area contributed by atoms with E-state index >= 15 is 0 Å². The van der Waals surface area contributed by atoms with Crippen LogP contribution in [0, 0.1) is 5.92 Å². The normalized spacial score (nSPS) is 14.2. The SMILES string of the molecule is CCOC(=O)C(Cc1ccccc1)C(C)(CNC(C)=O)OC(C)=O. The van der Waals surface area contributed by atoms with Gasteiger partial charge in [-0.1, -0.05) is 30.3 Å². The van der Waals surface area contributed by atoms with Crippen LogP contribution in [0.1, 0.15) is 33.3 Å². The number of nitrogens with one attached hydrogen (secondary N) is 1. The molecule has 0 saturated carbocycles. The molecule has 0 bridgehead atoms. The summed E-state index contributed by atoms with van der Waals surface area (Å²) in [5, 5.41) is 2.63. The lowest BCUT2D eigenvalue weighted by molar-refractivity contribution is -0.172. The van der Waals surface area contributed by atoms with E-state index < -0.39 is 23.5 Å². The number of esters is 2. The van der Waals surface area contributed by atoms with Crippen molar-refractivity contribution >= 4 is 17.8 Å². The van der Waals surface area contributed by atoms with E-state index in [9.17, 15) is 14.4 Å². The fraction of sp³-hybridized carbons (Fsp3) is 0.500. The van der Waals surface area contributed by atoms with Gasteiger partial charge in [0.05, 0.1) is 13.2 Å². The molecule has 0 aromatic heterocycles. The maximum atomic E-state index is 12.5. The molecule has 0 spiro atoms. The number of benzene rings is 1. The van der Waals surface area contributed by atoms with Gasteiger partial charge >= 0.3 is 11.9 Å². The first kappa shape index (κ1) is 19.7. The number of carbonyl (C=O) groups is 3. The summed E-state index contributed by atoms with van der Waals surface area (Å²) in [6.45, 7) is 6.24. The zero-order valence-corrected chi connectivity index (χ0v) is 14.6. The van der Waals surface area contributed by atoms with Gasteiger partial charge in [0.1, 0.15) is 11.5 Å². The molecule has 1 aromatic carbocycles. The molecule has 1 amide bonds. The average molecular weight is 335 g/mol. The molecule has 132 valence electrons. The van der Waals surface area contributed by atoms with E-state index in [0.717, 1.165) is 5.56 Å². The summed E-state index contributed by atoms with van der Waals surface area (Å²) >= 11 is 0. The van der Waals surface area contributed by atoms with Crippen LogP contribution in [0.3, 0.4) is 0 Å². The molecule has 0 heterocycles. The van der Waals surface area contributed by atoms with E-state index in [4.69, 9.17) is 9.47 Å². The van der Waals surface area contributed by atoms with Crippen LogP contribution in [-0.4, -0.2) is 36.6 Å².